The molecule has 26 heavy (non-hydrogen) atoms. The van der Waals surface area contributed by atoms with Crippen molar-refractivity contribution in [2.24, 2.45) is 0 Å². The maximum atomic E-state index is 6.35. The van der Waals surface area contributed by atoms with E-state index in [1.807, 2.05) is 66.7 Å². The molecule has 0 radical (unpaired) electrons. The maximum Gasteiger partial charge on any atom is 0.174 e. The first kappa shape index (κ1) is 18.7. The van der Waals surface area contributed by atoms with Crippen LogP contribution in [-0.4, -0.2) is 10.0 Å². The molecule has 1 N–H and O–H groups in total. The van der Waals surface area contributed by atoms with E-state index < -0.39 is 0 Å². The lowest BCUT2D eigenvalue weighted by Crippen LogP contribution is -2.33. The van der Waals surface area contributed by atoms with Crippen LogP contribution >= 0.6 is 35.4 Å². The summed E-state index contributed by atoms with van der Waals surface area (Å²) in [6.45, 7) is 1.29. The van der Waals surface area contributed by atoms with Gasteiger partial charge in [0.2, 0.25) is 0 Å². The molecule has 0 unspecified atom stereocenters. The third-order valence-electron chi connectivity index (χ3n) is 3.90. The van der Waals surface area contributed by atoms with E-state index in [0.29, 0.717) is 23.2 Å². The van der Waals surface area contributed by atoms with Crippen LogP contribution < -0.4 is 5.32 Å². The molecule has 3 rings (SSSR count). The second-order valence-corrected chi connectivity index (χ2v) is 7.10. The number of nitrogens with zero attached hydrogens (tertiary/aromatic N) is 1. The van der Waals surface area contributed by atoms with E-state index in [1.165, 1.54) is 5.56 Å². The summed E-state index contributed by atoms with van der Waals surface area (Å²) in [6.07, 6.45) is 0. The van der Waals surface area contributed by atoms with E-state index in [9.17, 15) is 0 Å². The summed E-state index contributed by atoms with van der Waals surface area (Å²) in [6, 6.07) is 25.6. The number of rotatable bonds is 5. The van der Waals surface area contributed by atoms with E-state index in [1.54, 1.807) is 0 Å². The van der Waals surface area contributed by atoms with E-state index in [4.69, 9.17) is 35.4 Å². The minimum atomic E-state index is 0.612. The van der Waals surface area contributed by atoms with Crippen molar-refractivity contribution in [2.45, 2.75) is 13.1 Å². The summed E-state index contributed by atoms with van der Waals surface area (Å²) < 4.78 is 0. The lowest BCUT2D eigenvalue weighted by atomic mass is 10.2. The van der Waals surface area contributed by atoms with E-state index >= 15 is 0 Å². The van der Waals surface area contributed by atoms with Crippen LogP contribution in [0.3, 0.4) is 0 Å². The van der Waals surface area contributed by atoms with Crippen LogP contribution in [0.15, 0.2) is 78.9 Å². The Hall–Kier alpha value is -2.07. The van der Waals surface area contributed by atoms with Gasteiger partial charge >= 0.3 is 0 Å². The zero-order chi connectivity index (χ0) is 18.4. The largest absolute Gasteiger partial charge is 0.340 e. The average Bonchev–Trinajstić information content (AvgIpc) is 2.64. The van der Waals surface area contributed by atoms with Gasteiger partial charge in [0.05, 0.1) is 0 Å². The number of benzene rings is 3. The van der Waals surface area contributed by atoms with Gasteiger partial charge < -0.3 is 10.2 Å². The highest BCUT2D eigenvalue weighted by Gasteiger charge is 2.13. The predicted octanol–water partition coefficient (Wildman–Crippen LogP) is 6.39. The summed E-state index contributed by atoms with van der Waals surface area (Å²) in [5, 5.41) is 5.29. The molecule has 0 bridgehead atoms. The van der Waals surface area contributed by atoms with Crippen LogP contribution in [0.1, 0.15) is 11.1 Å². The first-order valence-electron chi connectivity index (χ1n) is 8.20. The summed E-state index contributed by atoms with van der Waals surface area (Å²) in [7, 11) is 0. The van der Waals surface area contributed by atoms with Gasteiger partial charge in [-0.2, -0.15) is 0 Å². The fourth-order valence-electron chi connectivity index (χ4n) is 2.60. The summed E-state index contributed by atoms with van der Waals surface area (Å²) in [5.41, 5.74) is 3.06. The Labute approximate surface area is 169 Å². The van der Waals surface area contributed by atoms with Crippen molar-refractivity contribution in [3.05, 3.63) is 100 Å². The first-order chi connectivity index (χ1) is 12.6. The highest BCUT2D eigenvalue weighted by Crippen LogP contribution is 2.20. The van der Waals surface area contributed by atoms with Crippen LogP contribution in [-0.2, 0) is 13.1 Å². The minimum Gasteiger partial charge on any atom is -0.340 e. The summed E-state index contributed by atoms with van der Waals surface area (Å²) in [5.74, 6) is 0. The Balaban J connectivity index is 1.81. The molecule has 0 aromatic heterocycles. The quantitative estimate of drug-likeness (QED) is 0.499. The molecular formula is C21H18Cl2N2S. The number of thiocarbonyl (C=S) groups is 1. The molecule has 0 aliphatic heterocycles. The minimum absolute atomic E-state index is 0.612. The van der Waals surface area contributed by atoms with Crippen molar-refractivity contribution in [3.63, 3.8) is 0 Å². The molecule has 5 heteroatoms. The van der Waals surface area contributed by atoms with Crippen LogP contribution in [0.5, 0.6) is 0 Å². The molecule has 0 aliphatic carbocycles. The fourth-order valence-corrected chi connectivity index (χ4v) is 3.24. The molecular weight excluding hydrogens is 383 g/mol. The van der Waals surface area contributed by atoms with Crippen molar-refractivity contribution >= 4 is 46.2 Å². The number of halogens is 2. The lowest BCUT2D eigenvalue weighted by Gasteiger charge is -2.26. The molecule has 0 saturated carbocycles. The Bertz CT molecular complexity index is 884. The summed E-state index contributed by atoms with van der Waals surface area (Å²) in [4.78, 5) is 2.09. The number of hydrogen-bond acceptors (Lipinski definition) is 1. The van der Waals surface area contributed by atoms with Gasteiger partial charge in [-0.25, -0.2) is 0 Å². The molecule has 0 spiro atoms. The highest BCUT2D eigenvalue weighted by atomic mass is 35.5. The molecule has 0 saturated heterocycles. The molecule has 132 valence electrons. The zero-order valence-electron chi connectivity index (χ0n) is 14.0. The monoisotopic (exact) mass is 400 g/mol. The second kappa shape index (κ2) is 9.04. The molecule has 0 fully saturated rings. The van der Waals surface area contributed by atoms with Crippen molar-refractivity contribution in [1.82, 2.24) is 4.90 Å². The average molecular weight is 401 g/mol. The zero-order valence-corrected chi connectivity index (χ0v) is 16.4. The number of nitrogens with one attached hydrogen (secondary N) is 1. The lowest BCUT2D eigenvalue weighted by molar-refractivity contribution is 0.413. The molecule has 3 aromatic rings. The molecule has 0 amide bonds. The predicted molar refractivity (Wildman–Crippen MR) is 115 cm³/mol. The molecule has 0 atom stereocenters. The molecule has 0 aliphatic rings. The van der Waals surface area contributed by atoms with E-state index in [0.717, 1.165) is 16.3 Å². The smallest absolute Gasteiger partial charge is 0.174 e. The number of anilines is 1. The van der Waals surface area contributed by atoms with Gasteiger partial charge in [-0.3, -0.25) is 0 Å². The topological polar surface area (TPSA) is 15.3 Å². The fraction of sp³-hybridized carbons (Fsp3) is 0.0952. The van der Waals surface area contributed by atoms with Gasteiger partial charge in [-0.05, 0) is 47.6 Å². The Kier molecular flexibility index (Phi) is 6.51. The van der Waals surface area contributed by atoms with Crippen LogP contribution in [0.2, 0.25) is 10.0 Å². The standard InChI is InChI=1S/C21H18Cl2N2S/c22-18-10-6-11-19(13-18)24-21(26)25(14-16-7-2-1-3-8-16)15-17-9-4-5-12-20(17)23/h1-13H,14-15H2,(H,24,26). The highest BCUT2D eigenvalue weighted by molar-refractivity contribution is 7.80. The van der Waals surface area contributed by atoms with Gasteiger partial charge in [-0.1, -0.05) is 77.8 Å². The molecule has 0 heterocycles. The third kappa shape index (κ3) is 5.21. The first-order valence-corrected chi connectivity index (χ1v) is 9.37. The van der Waals surface area contributed by atoms with Crippen LogP contribution in [0, 0.1) is 0 Å². The van der Waals surface area contributed by atoms with Gasteiger partial charge in [0.25, 0.3) is 0 Å². The summed E-state index contributed by atoms with van der Waals surface area (Å²) >= 11 is 18.1. The van der Waals surface area contributed by atoms with Gasteiger partial charge in [0.1, 0.15) is 0 Å². The van der Waals surface area contributed by atoms with Gasteiger partial charge in [-0.15, -0.1) is 0 Å². The molecule has 2 nitrogen and oxygen atoms in total. The van der Waals surface area contributed by atoms with Crippen molar-refractivity contribution in [2.75, 3.05) is 5.32 Å². The SMILES string of the molecule is S=C(Nc1cccc(Cl)c1)N(Cc1ccccc1)Cc1ccccc1Cl. The van der Waals surface area contributed by atoms with Gasteiger partial charge in [0, 0.05) is 28.8 Å². The Morgan fingerprint density at radius 1 is 0.846 bits per heavy atom. The third-order valence-corrected chi connectivity index (χ3v) is 4.86. The maximum absolute atomic E-state index is 6.35. The van der Waals surface area contributed by atoms with E-state index in [-0.39, 0.29) is 0 Å². The van der Waals surface area contributed by atoms with E-state index in [2.05, 4.69) is 22.3 Å². The van der Waals surface area contributed by atoms with Crippen LogP contribution in [0.4, 0.5) is 5.69 Å². The van der Waals surface area contributed by atoms with Gasteiger partial charge in [0.15, 0.2) is 5.11 Å². The van der Waals surface area contributed by atoms with Crippen LogP contribution in [0.25, 0.3) is 0 Å². The van der Waals surface area contributed by atoms with Crippen molar-refractivity contribution in [1.29, 1.82) is 0 Å². The van der Waals surface area contributed by atoms with Crippen molar-refractivity contribution in [3.8, 4) is 0 Å². The Morgan fingerprint density at radius 3 is 2.31 bits per heavy atom. The second-order valence-electron chi connectivity index (χ2n) is 5.87. The Morgan fingerprint density at radius 2 is 1.58 bits per heavy atom. The number of hydrogen-bond donors (Lipinski definition) is 1. The van der Waals surface area contributed by atoms with Crippen molar-refractivity contribution < 1.29 is 0 Å². The normalized spacial score (nSPS) is 10.4. The molecule has 3 aromatic carbocycles.